The highest BCUT2D eigenvalue weighted by Gasteiger charge is 2.57. The Kier molecular flexibility index (Phi) is 7.70. The summed E-state index contributed by atoms with van der Waals surface area (Å²) in [5, 5.41) is 3.58. The number of aromatic nitrogens is 5. The zero-order valence-corrected chi connectivity index (χ0v) is 26.5. The van der Waals surface area contributed by atoms with Gasteiger partial charge in [-0.3, -0.25) is 14.2 Å². The van der Waals surface area contributed by atoms with Gasteiger partial charge in [-0.2, -0.15) is 13.2 Å². The van der Waals surface area contributed by atoms with Crippen LogP contribution >= 0.6 is 11.6 Å². The lowest BCUT2D eigenvalue weighted by Crippen LogP contribution is -2.32. The van der Waals surface area contributed by atoms with Gasteiger partial charge in [0.25, 0.3) is 11.5 Å². The monoisotopic (exact) mass is 676 g/mol. The number of carbonyl (C=O) groups is 1. The second-order valence-corrected chi connectivity index (χ2v) is 13.9. The van der Waals surface area contributed by atoms with Gasteiger partial charge in [0.1, 0.15) is 5.15 Å². The van der Waals surface area contributed by atoms with Crippen molar-refractivity contribution >= 4 is 50.1 Å². The predicted octanol–water partition coefficient (Wildman–Crippen LogP) is 3.81. The topological polar surface area (TPSA) is 152 Å². The number of pyridine rings is 1. The molecular weight excluding hydrogens is 649 g/mol. The second kappa shape index (κ2) is 11.2. The summed E-state index contributed by atoms with van der Waals surface area (Å²) in [5.41, 5.74) is 2.29. The number of amides is 1. The van der Waals surface area contributed by atoms with Gasteiger partial charge < -0.3 is 10.2 Å². The molecule has 1 amide bonds. The zero-order valence-electron chi connectivity index (χ0n) is 24.9. The van der Waals surface area contributed by atoms with E-state index in [-0.39, 0.29) is 39.8 Å². The van der Waals surface area contributed by atoms with Gasteiger partial charge in [-0.1, -0.05) is 17.7 Å². The van der Waals surface area contributed by atoms with Crippen molar-refractivity contribution in [2.75, 3.05) is 29.6 Å². The second-order valence-electron chi connectivity index (χ2n) is 11.7. The first-order chi connectivity index (χ1) is 21.5. The van der Waals surface area contributed by atoms with E-state index in [4.69, 9.17) is 16.6 Å². The Morgan fingerprint density at radius 2 is 1.76 bits per heavy atom. The van der Waals surface area contributed by atoms with Gasteiger partial charge in [-0.15, -0.1) is 0 Å². The number of carbonyl (C=O) groups excluding carboxylic acids is 1. The standard InChI is InChI=1S/C29H28ClF3N8O4S/c1-13-7-16(14(2)36-20-5-6-21(30)37-24(20)25(42)39-46(4,44)45)23-17(8-13)26(43)40(3)28(38-23)41-11-18-19(12-41)22(18)15-9-34-27(35-10-15)29(31,32)33/h5-10,14,18-19,22,36H,11-12H2,1-4H3,(H,39,42)/t14-,18-,19+,22?/m1/s1. The van der Waals surface area contributed by atoms with Crippen molar-refractivity contribution in [2.24, 2.45) is 18.9 Å². The van der Waals surface area contributed by atoms with Crippen LogP contribution in [0.5, 0.6) is 0 Å². The Labute approximate surface area is 266 Å². The summed E-state index contributed by atoms with van der Waals surface area (Å²) in [4.78, 5) is 44.3. The van der Waals surface area contributed by atoms with E-state index in [0.29, 0.717) is 41.1 Å². The van der Waals surface area contributed by atoms with E-state index in [1.807, 2.05) is 29.5 Å². The molecule has 1 aliphatic carbocycles. The number of benzene rings is 1. The third kappa shape index (κ3) is 5.98. The van der Waals surface area contributed by atoms with Gasteiger partial charge >= 0.3 is 6.18 Å². The molecule has 0 spiro atoms. The van der Waals surface area contributed by atoms with E-state index in [1.54, 1.807) is 13.1 Å². The summed E-state index contributed by atoms with van der Waals surface area (Å²) in [6, 6.07) is 6.06. The van der Waals surface area contributed by atoms with Crippen LogP contribution in [-0.4, -0.2) is 58.2 Å². The van der Waals surface area contributed by atoms with Crippen LogP contribution < -0.4 is 20.5 Å². The van der Waals surface area contributed by atoms with E-state index in [1.165, 1.54) is 29.1 Å². The normalized spacial score (nSPS) is 20.0. The number of piperidine rings is 1. The fraction of sp³-hybridized carbons (Fsp3) is 0.379. The summed E-state index contributed by atoms with van der Waals surface area (Å²) >= 11 is 6.01. The fourth-order valence-electron chi connectivity index (χ4n) is 6.25. The molecule has 4 heterocycles. The van der Waals surface area contributed by atoms with Gasteiger partial charge in [0.2, 0.25) is 21.8 Å². The molecule has 1 aliphatic heterocycles. The van der Waals surface area contributed by atoms with E-state index in [9.17, 15) is 31.2 Å². The molecule has 0 bridgehead atoms. The first-order valence-corrected chi connectivity index (χ1v) is 16.4. The van der Waals surface area contributed by atoms with Gasteiger partial charge in [-0.05, 0) is 60.9 Å². The number of nitrogens with zero attached hydrogens (tertiary/aromatic N) is 6. The molecule has 1 saturated carbocycles. The SMILES string of the molecule is Cc1cc([C@@H](C)Nc2ccc(Cl)nc2C(=O)NS(C)(=O)=O)c2nc(N3C[C@@H]4C(c5cnc(C(F)(F)F)nc5)[C@@H]4C3)n(C)c(=O)c2c1. The third-order valence-electron chi connectivity index (χ3n) is 8.31. The van der Waals surface area contributed by atoms with Crippen LogP contribution in [0.2, 0.25) is 5.15 Å². The highest BCUT2D eigenvalue weighted by molar-refractivity contribution is 7.89. The number of aryl methyl sites for hydroxylation is 1. The van der Waals surface area contributed by atoms with E-state index >= 15 is 0 Å². The molecule has 3 aromatic heterocycles. The fourth-order valence-corrected chi connectivity index (χ4v) is 6.83. The Bertz CT molecular complexity index is 2050. The molecule has 1 saturated heterocycles. The first-order valence-electron chi connectivity index (χ1n) is 14.1. The lowest BCUT2D eigenvalue weighted by atomic mass is 10.0. The molecule has 1 unspecified atom stereocenters. The highest BCUT2D eigenvalue weighted by Crippen LogP contribution is 2.58. The van der Waals surface area contributed by atoms with Gasteiger partial charge in [0.05, 0.1) is 28.9 Å². The Hall–Kier alpha value is -4.31. The molecule has 242 valence electrons. The highest BCUT2D eigenvalue weighted by atomic mass is 35.5. The number of hydrogen-bond acceptors (Lipinski definition) is 10. The van der Waals surface area contributed by atoms with Gasteiger partial charge in [0.15, 0.2) is 5.69 Å². The van der Waals surface area contributed by atoms with Crippen molar-refractivity contribution in [3.8, 4) is 0 Å². The lowest BCUT2D eigenvalue weighted by Gasteiger charge is -2.25. The van der Waals surface area contributed by atoms with Crippen LogP contribution in [0.1, 0.15) is 51.9 Å². The molecule has 17 heteroatoms. The Balaban J connectivity index is 1.29. The van der Waals surface area contributed by atoms with Crippen LogP contribution in [0.15, 0.2) is 41.5 Å². The van der Waals surface area contributed by atoms with Crippen molar-refractivity contribution in [2.45, 2.75) is 32.0 Å². The molecule has 2 aliphatic rings. The molecule has 2 N–H and O–H groups in total. The quantitative estimate of drug-likeness (QED) is 0.277. The predicted molar refractivity (Wildman–Crippen MR) is 164 cm³/mol. The number of sulfonamides is 1. The smallest absolute Gasteiger partial charge is 0.377 e. The van der Waals surface area contributed by atoms with Crippen molar-refractivity contribution in [3.63, 3.8) is 0 Å². The van der Waals surface area contributed by atoms with E-state index < -0.39 is 34.0 Å². The molecule has 1 aromatic carbocycles. The summed E-state index contributed by atoms with van der Waals surface area (Å²) in [5.74, 6) is -1.35. The Morgan fingerprint density at radius 3 is 2.37 bits per heavy atom. The average Bonchev–Trinajstić information content (AvgIpc) is 3.47. The summed E-state index contributed by atoms with van der Waals surface area (Å²) in [6.07, 6.45) is -1.28. The van der Waals surface area contributed by atoms with Crippen molar-refractivity contribution in [1.29, 1.82) is 0 Å². The number of anilines is 2. The minimum atomic E-state index is -4.60. The van der Waals surface area contributed by atoms with Crippen LogP contribution in [0.25, 0.3) is 10.9 Å². The minimum Gasteiger partial charge on any atom is -0.377 e. The summed E-state index contributed by atoms with van der Waals surface area (Å²) < 4.78 is 65.5. The van der Waals surface area contributed by atoms with Gasteiger partial charge in [0, 0.05) is 38.1 Å². The number of hydrogen-bond donors (Lipinski definition) is 2. The van der Waals surface area contributed by atoms with Crippen LogP contribution in [0, 0.1) is 18.8 Å². The maximum atomic E-state index is 13.6. The summed E-state index contributed by atoms with van der Waals surface area (Å²) in [6.45, 7) is 4.75. The van der Waals surface area contributed by atoms with E-state index in [2.05, 4.69) is 20.3 Å². The van der Waals surface area contributed by atoms with Crippen LogP contribution in [0.4, 0.5) is 24.8 Å². The van der Waals surface area contributed by atoms with E-state index in [0.717, 1.165) is 11.8 Å². The molecule has 12 nitrogen and oxygen atoms in total. The van der Waals surface area contributed by atoms with Gasteiger partial charge in [-0.25, -0.2) is 33.1 Å². The molecule has 6 rings (SSSR count). The zero-order chi connectivity index (χ0) is 33.3. The number of nitrogens with one attached hydrogen (secondary N) is 2. The van der Waals surface area contributed by atoms with Crippen molar-refractivity contribution in [1.82, 2.24) is 29.2 Å². The molecular formula is C29H28ClF3N8O4S. The van der Waals surface area contributed by atoms with Crippen molar-refractivity contribution < 1.29 is 26.4 Å². The first kappa shape index (κ1) is 31.7. The maximum Gasteiger partial charge on any atom is 0.451 e. The maximum absolute atomic E-state index is 13.6. The summed E-state index contributed by atoms with van der Waals surface area (Å²) in [7, 11) is -2.23. The number of alkyl halides is 3. The van der Waals surface area contributed by atoms with Crippen LogP contribution in [-0.2, 0) is 23.2 Å². The minimum absolute atomic E-state index is 0.00980. The average molecular weight is 677 g/mol. The molecule has 2 fully saturated rings. The van der Waals surface area contributed by atoms with Crippen molar-refractivity contribution in [3.05, 3.63) is 80.4 Å². The number of rotatable bonds is 7. The largest absolute Gasteiger partial charge is 0.451 e. The Morgan fingerprint density at radius 1 is 1.11 bits per heavy atom. The molecule has 4 aromatic rings. The number of halogens is 4. The molecule has 0 radical (unpaired) electrons. The molecule has 4 atom stereocenters. The lowest BCUT2D eigenvalue weighted by molar-refractivity contribution is -0.145. The third-order valence-corrected chi connectivity index (χ3v) is 9.08. The number of fused-ring (bicyclic) bond motifs is 2. The molecule has 46 heavy (non-hydrogen) atoms. The van der Waals surface area contributed by atoms with Crippen LogP contribution in [0.3, 0.4) is 0 Å².